The van der Waals surface area contributed by atoms with Gasteiger partial charge in [-0.15, -0.1) is 0 Å². The van der Waals surface area contributed by atoms with Gasteiger partial charge in [-0.1, -0.05) is 13.8 Å². The van der Waals surface area contributed by atoms with Crippen LogP contribution in [0.4, 0.5) is 8.78 Å². The summed E-state index contributed by atoms with van der Waals surface area (Å²) in [4.78, 5) is 0. The molecule has 0 heterocycles. The first-order valence-corrected chi connectivity index (χ1v) is 4.85. The van der Waals surface area contributed by atoms with Crippen LogP contribution in [-0.4, -0.2) is 5.11 Å². The van der Waals surface area contributed by atoms with E-state index < -0.39 is 23.4 Å². The van der Waals surface area contributed by atoms with E-state index in [1.165, 1.54) is 0 Å². The molecular formula is C11H15F2NO. The van der Waals surface area contributed by atoms with Crippen molar-refractivity contribution in [2.24, 2.45) is 11.7 Å². The van der Waals surface area contributed by atoms with Gasteiger partial charge in [-0.2, -0.15) is 0 Å². The summed E-state index contributed by atoms with van der Waals surface area (Å²) >= 11 is 0. The molecule has 1 rings (SSSR count). The minimum atomic E-state index is -0.800. The molecule has 0 unspecified atom stereocenters. The predicted octanol–water partition coefficient (Wildman–Crippen LogP) is 2.72. The molecule has 0 spiro atoms. The van der Waals surface area contributed by atoms with Gasteiger partial charge >= 0.3 is 0 Å². The molecule has 0 saturated heterocycles. The summed E-state index contributed by atoms with van der Waals surface area (Å²) in [6.45, 7) is 3.89. The fraction of sp³-hybridized carbons (Fsp3) is 0.455. The highest BCUT2D eigenvalue weighted by atomic mass is 19.1. The van der Waals surface area contributed by atoms with Crippen molar-refractivity contribution in [3.8, 4) is 5.75 Å². The highest BCUT2D eigenvalue weighted by Gasteiger charge is 2.18. The predicted molar refractivity (Wildman–Crippen MR) is 54.4 cm³/mol. The molecule has 15 heavy (non-hydrogen) atoms. The molecule has 0 radical (unpaired) electrons. The van der Waals surface area contributed by atoms with Crippen LogP contribution in [-0.2, 0) is 0 Å². The first kappa shape index (κ1) is 11.9. The van der Waals surface area contributed by atoms with Gasteiger partial charge in [0.2, 0.25) is 0 Å². The Morgan fingerprint density at radius 1 is 1.33 bits per heavy atom. The number of benzene rings is 1. The molecule has 0 aromatic heterocycles. The molecule has 0 aliphatic rings. The lowest BCUT2D eigenvalue weighted by Crippen LogP contribution is -2.15. The Labute approximate surface area is 87.7 Å². The van der Waals surface area contributed by atoms with E-state index >= 15 is 0 Å². The van der Waals surface area contributed by atoms with E-state index in [1.807, 2.05) is 13.8 Å². The summed E-state index contributed by atoms with van der Waals surface area (Å²) in [6.07, 6.45) is 0.538. The first-order chi connectivity index (χ1) is 6.91. The number of halogens is 2. The topological polar surface area (TPSA) is 46.2 Å². The quantitative estimate of drug-likeness (QED) is 0.814. The second kappa shape index (κ2) is 4.57. The Balaban J connectivity index is 3.03. The SMILES string of the molecule is CC(C)C[C@@H](N)c1c(O)cc(F)cc1F. The summed E-state index contributed by atoms with van der Waals surface area (Å²) < 4.78 is 26.0. The maximum atomic E-state index is 13.3. The van der Waals surface area contributed by atoms with E-state index in [1.54, 1.807) is 0 Å². The molecule has 1 aromatic rings. The van der Waals surface area contributed by atoms with Crippen molar-refractivity contribution in [1.82, 2.24) is 0 Å². The van der Waals surface area contributed by atoms with Gasteiger partial charge in [0, 0.05) is 23.7 Å². The standard InChI is InChI=1S/C11H15F2NO/c1-6(2)3-9(14)11-8(13)4-7(12)5-10(11)15/h4-6,9,15H,3,14H2,1-2H3/t9-/m1/s1. The van der Waals surface area contributed by atoms with Crippen LogP contribution in [0.5, 0.6) is 5.75 Å². The van der Waals surface area contributed by atoms with Crippen molar-refractivity contribution in [2.75, 3.05) is 0 Å². The van der Waals surface area contributed by atoms with E-state index in [2.05, 4.69) is 0 Å². The van der Waals surface area contributed by atoms with Gasteiger partial charge < -0.3 is 10.8 Å². The number of aromatic hydroxyl groups is 1. The highest BCUT2D eigenvalue weighted by Crippen LogP contribution is 2.30. The van der Waals surface area contributed by atoms with Gasteiger partial charge in [-0.3, -0.25) is 0 Å². The number of rotatable bonds is 3. The molecule has 2 nitrogen and oxygen atoms in total. The molecule has 84 valence electrons. The van der Waals surface area contributed by atoms with Crippen molar-refractivity contribution in [2.45, 2.75) is 26.3 Å². The third-order valence-corrected chi connectivity index (χ3v) is 2.17. The molecule has 4 heteroatoms. The molecular weight excluding hydrogens is 200 g/mol. The number of nitrogens with two attached hydrogens (primary N) is 1. The molecule has 0 amide bonds. The van der Waals surface area contributed by atoms with Gasteiger partial charge in [0.05, 0.1) is 0 Å². The maximum absolute atomic E-state index is 13.3. The molecule has 1 aromatic carbocycles. The Morgan fingerprint density at radius 2 is 1.93 bits per heavy atom. The first-order valence-electron chi connectivity index (χ1n) is 4.85. The summed E-state index contributed by atoms with van der Waals surface area (Å²) in [5, 5.41) is 9.40. The van der Waals surface area contributed by atoms with Crippen molar-refractivity contribution in [3.63, 3.8) is 0 Å². The van der Waals surface area contributed by atoms with Gasteiger partial charge in [0.25, 0.3) is 0 Å². The van der Waals surface area contributed by atoms with Gasteiger partial charge in [0.1, 0.15) is 17.4 Å². The van der Waals surface area contributed by atoms with Crippen LogP contribution < -0.4 is 5.73 Å². The average molecular weight is 215 g/mol. The Hall–Kier alpha value is -1.16. The van der Waals surface area contributed by atoms with Crippen LogP contribution in [0.2, 0.25) is 0 Å². The van der Waals surface area contributed by atoms with E-state index in [0.29, 0.717) is 6.42 Å². The monoisotopic (exact) mass is 215 g/mol. The second-order valence-electron chi connectivity index (χ2n) is 4.06. The molecule has 0 fully saturated rings. The van der Waals surface area contributed by atoms with Crippen LogP contribution in [0.1, 0.15) is 31.9 Å². The minimum Gasteiger partial charge on any atom is -0.507 e. The number of hydrogen-bond acceptors (Lipinski definition) is 2. The van der Waals surface area contributed by atoms with Crippen molar-refractivity contribution < 1.29 is 13.9 Å². The fourth-order valence-corrected chi connectivity index (χ4v) is 1.56. The molecule has 0 bridgehead atoms. The van der Waals surface area contributed by atoms with Crippen LogP contribution in [0.3, 0.4) is 0 Å². The Bertz CT molecular complexity index is 329. The molecule has 3 N–H and O–H groups in total. The summed E-state index contributed by atoms with van der Waals surface area (Å²) in [6, 6.07) is 0.999. The van der Waals surface area contributed by atoms with E-state index in [4.69, 9.17) is 5.73 Å². The molecule has 0 saturated carbocycles. The lowest BCUT2D eigenvalue weighted by Gasteiger charge is -2.16. The lowest BCUT2D eigenvalue weighted by molar-refractivity contribution is 0.423. The van der Waals surface area contributed by atoms with Gasteiger partial charge in [-0.25, -0.2) is 8.78 Å². The van der Waals surface area contributed by atoms with Gasteiger partial charge in [-0.05, 0) is 12.3 Å². The molecule has 0 aliphatic heterocycles. The summed E-state index contributed by atoms with van der Waals surface area (Å²) in [5.74, 6) is -1.73. The van der Waals surface area contributed by atoms with Crippen LogP contribution in [0.15, 0.2) is 12.1 Å². The van der Waals surface area contributed by atoms with E-state index in [-0.39, 0.29) is 11.5 Å². The highest BCUT2D eigenvalue weighted by molar-refractivity contribution is 5.36. The number of hydrogen-bond donors (Lipinski definition) is 2. The second-order valence-corrected chi connectivity index (χ2v) is 4.06. The van der Waals surface area contributed by atoms with Crippen LogP contribution in [0, 0.1) is 17.6 Å². The Morgan fingerprint density at radius 3 is 2.40 bits per heavy atom. The maximum Gasteiger partial charge on any atom is 0.134 e. The minimum absolute atomic E-state index is 0.00917. The summed E-state index contributed by atoms with van der Waals surface area (Å²) in [5.41, 5.74) is 5.72. The molecule has 0 aliphatic carbocycles. The van der Waals surface area contributed by atoms with Crippen molar-refractivity contribution >= 4 is 0 Å². The largest absolute Gasteiger partial charge is 0.507 e. The number of phenolic OH excluding ortho intramolecular Hbond substituents is 1. The van der Waals surface area contributed by atoms with Gasteiger partial charge in [0.15, 0.2) is 0 Å². The zero-order valence-corrected chi connectivity index (χ0v) is 8.80. The third kappa shape index (κ3) is 2.89. The summed E-state index contributed by atoms with van der Waals surface area (Å²) in [7, 11) is 0. The zero-order chi connectivity index (χ0) is 11.6. The van der Waals surface area contributed by atoms with Crippen LogP contribution >= 0.6 is 0 Å². The Kier molecular flexibility index (Phi) is 3.63. The average Bonchev–Trinajstić information content (AvgIpc) is 1.99. The zero-order valence-electron chi connectivity index (χ0n) is 8.80. The van der Waals surface area contributed by atoms with E-state index in [9.17, 15) is 13.9 Å². The third-order valence-electron chi connectivity index (χ3n) is 2.17. The number of phenols is 1. The fourth-order valence-electron chi connectivity index (χ4n) is 1.56. The smallest absolute Gasteiger partial charge is 0.134 e. The van der Waals surface area contributed by atoms with Crippen molar-refractivity contribution in [1.29, 1.82) is 0 Å². The molecule has 1 atom stereocenters. The normalized spacial score (nSPS) is 13.2. The van der Waals surface area contributed by atoms with Crippen LogP contribution in [0.25, 0.3) is 0 Å². The van der Waals surface area contributed by atoms with Crippen molar-refractivity contribution in [3.05, 3.63) is 29.3 Å². The lowest BCUT2D eigenvalue weighted by atomic mass is 9.96. The van der Waals surface area contributed by atoms with E-state index in [0.717, 1.165) is 12.1 Å².